The Labute approximate surface area is 136 Å². The Balaban J connectivity index is 4.70. The molecule has 0 aromatic carbocycles. The lowest BCUT2D eigenvalue weighted by Gasteiger charge is -2.38. The van der Waals surface area contributed by atoms with Crippen LogP contribution in [0.2, 0.25) is 18.1 Å². The summed E-state index contributed by atoms with van der Waals surface area (Å²) in [6.07, 6.45) is 0.457. The van der Waals surface area contributed by atoms with Crippen molar-refractivity contribution in [3.8, 4) is 0 Å². The van der Waals surface area contributed by atoms with Crippen LogP contribution >= 0.6 is 0 Å². The van der Waals surface area contributed by atoms with Gasteiger partial charge in [0.1, 0.15) is 5.60 Å². The highest BCUT2D eigenvalue weighted by Crippen LogP contribution is 2.42. The van der Waals surface area contributed by atoms with Gasteiger partial charge in [-0.2, -0.15) is 0 Å². The van der Waals surface area contributed by atoms with E-state index in [1.807, 2.05) is 33.9 Å². The van der Waals surface area contributed by atoms with Crippen molar-refractivity contribution in [2.75, 3.05) is 6.54 Å². The number of aliphatic hydroxyl groups is 1. The molecule has 0 aromatic heterocycles. The first-order chi connectivity index (χ1) is 9.64. The number of ether oxygens (including phenoxy) is 1. The molecule has 5 nitrogen and oxygen atoms in total. The first-order valence-electron chi connectivity index (χ1n) is 8.01. The number of hydrogen-bond acceptors (Lipinski definition) is 4. The number of nitrogens with one attached hydrogen (secondary N) is 1. The van der Waals surface area contributed by atoms with Crippen molar-refractivity contribution in [1.82, 2.24) is 5.32 Å². The summed E-state index contributed by atoms with van der Waals surface area (Å²) in [7, 11) is -2.32. The van der Waals surface area contributed by atoms with Gasteiger partial charge in [-0.05, 0) is 64.6 Å². The van der Waals surface area contributed by atoms with Gasteiger partial charge in [-0.1, -0.05) is 13.8 Å². The molecule has 22 heavy (non-hydrogen) atoms. The second kappa shape index (κ2) is 7.79. The maximum Gasteiger partial charge on any atom is 0.407 e. The van der Waals surface area contributed by atoms with E-state index in [9.17, 15) is 14.7 Å². The first kappa shape index (κ1) is 21.4. The summed E-state index contributed by atoms with van der Waals surface area (Å²) in [5.41, 5.74) is -0.525. The lowest BCUT2D eigenvalue weighted by Crippen LogP contribution is -2.42. The monoisotopic (exact) mass is 333 g/mol. The molecular formula is C16H35NO4Si. The third-order valence-corrected chi connectivity index (χ3v) is 7.58. The number of amides is 1. The molecule has 0 heterocycles. The van der Waals surface area contributed by atoms with Crippen LogP contribution in [-0.4, -0.2) is 42.6 Å². The molecule has 0 rings (SSSR count). The SMILES string of the molecule is CC(O)CC(CNC(=O)OC(C)(C)C)CC(C)(C)[Si](C)(C)O. The Morgan fingerprint density at radius 2 is 1.73 bits per heavy atom. The van der Waals surface area contributed by atoms with Crippen LogP contribution in [0.4, 0.5) is 4.79 Å². The van der Waals surface area contributed by atoms with Gasteiger partial charge in [0.15, 0.2) is 8.32 Å². The fourth-order valence-corrected chi connectivity index (χ4v) is 3.02. The van der Waals surface area contributed by atoms with Gasteiger partial charge in [-0.15, -0.1) is 0 Å². The van der Waals surface area contributed by atoms with Crippen LogP contribution in [0.1, 0.15) is 54.4 Å². The van der Waals surface area contributed by atoms with Gasteiger partial charge >= 0.3 is 6.09 Å². The van der Waals surface area contributed by atoms with Crippen molar-refractivity contribution in [2.24, 2.45) is 5.92 Å². The summed E-state index contributed by atoms with van der Waals surface area (Å²) in [5.74, 6) is 0.0986. The fraction of sp³-hybridized carbons (Fsp3) is 0.938. The van der Waals surface area contributed by atoms with E-state index in [0.717, 1.165) is 6.42 Å². The standard InChI is InChI=1S/C16H35NO4Si/c1-12(18)9-13(10-16(5,6)22(7,8)20)11-17-14(19)21-15(2,3)4/h12-13,18,20H,9-11H2,1-8H3,(H,17,19). The molecule has 2 atom stereocenters. The van der Waals surface area contributed by atoms with Crippen molar-refractivity contribution >= 4 is 14.4 Å². The highest BCUT2D eigenvalue weighted by molar-refractivity contribution is 6.72. The molecule has 0 aromatic rings. The van der Waals surface area contributed by atoms with E-state index in [0.29, 0.717) is 13.0 Å². The Morgan fingerprint density at radius 3 is 2.09 bits per heavy atom. The van der Waals surface area contributed by atoms with Crippen molar-refractivity contribution in [3.63, 3.8) is 0 Å². The minimum absolute atomic E-state index is 0.0986. The minimum Gasteiger partial charge on any atom is -0.444 e. The van der Waals surface area contributed by atoms with Gasteiger partial charge < -0.3 is 20.0 Å². The number of hydrogen-bond donors (Lipinski definition) is 3. The number of carbonyl (C=O) groups excluding carboxylic acids is 1. The summed E-state index contributed by atoms with van der Waals surface area (Å²) >= 11 is 0. The van der Waals surface area contributed by atoms with Crippen molar-refractivity contribution in [3.05, 3.63) is 0 Å². The summed E-state index contributed by atoms with van der Waals surface area (Å²) in [6.45, 7) is 15.6. The molecule has 0 fully saturated rings. The van der Waals surface area contributed by atoms with Crippen LogP contribution in [0, 0.1) is 5.92 Å². The van der Waals surface area contributed by atoms with Crippen LogP contribution in [0.15, 0.2) is 0 Å². The largest absolute Gasteiger partial charge is 0.444 e. The highest BCUT2D eigenvalue weighted by Gasteiger charge is 2.39. The number of rotatable bonds is 7. The zero-order chi connectivity index (χ0) is 17.8. The van der Waals surface area contributed by atoms with E-state index in [-0.39, 0.29) is 11.0 Å². The zero-order valence-corrected chi connectivity index (χ0v) is 16.5. The summed E-state index contributed by atoms with van der Waals surface area (Å²) in [5, 5.41) is 12.3. The number of carbonyl (C=O) groups is 1. The molecule has 0 aliphatic carbocycles. The van der Waals surface area contributed by atoms with Gasteiger partial charge in [0.05, 0.1) is 6.10 Å². The molecule has 0 radical (unpaired) electrons. The highest BCUT2D eigenvalue weighted by atomic mass is 28.4. The van der Waals surface area contributed by atoms with Crippen LogP contribution in [-0.2, 0) is 4.74 Å². The lowest BCUT2D eigenvalue weighted by atomic mass is 9.91. The van der Waals surface area contributed by atoms with Gasteiger partial charge in [-0.3, -0.25) is 0 Å². The normalized spacial score (nSPS) is 16.1. The van der Waals surface area contributed by atoms with E-state index >= 15 is 0 Å². The van der Waals surface area contributed by atoms with E-state index in [1.54, 1.807) is 6.92 Å². The quantitative estimate of drug-likeness (QED) is 0.625. The molecule has 3 N–H and O–H groups in total. The van der Waals surface area contributed by atoms with E-state index in [1.165, 1.54) is 0 Å². The van der Waals surface area contributed by atoms with Crippen molar-refractivity contribution in [1.29, 1.82) is 0 Å². The van der Waals surface area contributed by atoms with Crippen LogP contribution in [0.5, 0.6) is 0 Å². The molecule has 1 amide bonds. The Hall–Kier alpha value is -0.593. The Bertz CT molecular complexity index is 356. The fourth-order valence-electron chi connectivity index (χ4n) is 2.23. The molecule has 0 bridgehead atoms. The maximum absolute atomic E-state index is 11.8. The van der Waals surface area contributed by atoms with E-state index < -0.39 is 26.1 Å². The molecule has 0 aliphatic heterocycles. The molecule has 132 valence electrons. The molecule has 0 saturated heterocycles. The first-order valence-corrected chi connectivity index (χ1v) is 11.0. The number of aliphatic hydroxyl groups excluding tert-OH is 1. The molecule has 6 heteroatoms. The predicted octanol–water partition coefficient (Wildman–Crippen LogP) is 3.27. The Morgan fingerprint density at radius 1 is 1.23 bits per heavy atom. The second-order valence-corrected chi connectivity index (χ2v) is 13.0. The average molecular weight is 334 g/mol. The van der Waals surface area contributed by atoms with Gasteiger partial charge in [0, 0.05) is 6.54 Å². The average Bonchev–Trinajstić information content (AvgIpc) is 2.20. The van der Waals surface area contributed by atoms with Crippen molar-refractivity contribution < 1.29 is 19.4 Å². The van der Waals surface area contributed by atoms with Gasteiger partial charge in [0.25, 0.3) is 0 Å². The molecular weight excluding hydrogens is 298 g/mol. The van der Waals surface area contributed by atoms with Gasteiger partial charge in [-0.25, -0.2) is 4.79 Å². The maximum atomic E-state index is 11.8. The Kier molecular flexibility index (Phi) is 7.58. The summed E-state index contributed by atoms with van der Waals surface area (Å²) < 4.78 is 5.24. The summed E-state index contributed by atoms with van der Waals surface area (Å²) in [4.78, 5) is 22.2. The van der Waals surface area contributed by atoms with E-state index in [4.69, 9.17) is 4.74 Å². The topological polar surface area (TPSA) is 78.8 Å². The molecule has 0 spiro atoms. The third-order valence-electron chi connectivity index (χ3n) is 4.06. The van der Waals surface area contributed by atoms with Crippen molar-refractivity contribution in [2.45, 2.75) is 84.2 Å². The van der Waals surface area contributed by atoms with Gasteiger partial charge in [0.2, 0.25) is 0 Å². The van der Waals surface area contributed by atoms with E-state index in [2.05, 4.69) is 19.2 Å². The smallest absolute Gasteiger partial charge is 0.407 e. The van der Waals surface area contributed by atoms with Crippen LogP contribution < -0.4 is 5.32 Å². The second-order valence-electron chi connectivity index (χ2n) is 8.48. The van der Waals surface area contributed by atoms with Crippen LogP contribution in [0.25, 0.3) is 0 Å². The zero-order valence-electron chi connectivity index (χ0n) is 15.5. The van der Waals surface area contributed by atoms with Crippen LogP contribution in [0.3, 0.4) is 0 Å². The minimum atomic E-state index is -2.32. The lowest BCUT2D eigenvalue weighted by molar-refractivity contribution is 0.0508. The molecule has 0 aliphatic rings. The number of alkyl carbamates (subject to hydrolysis) is 1. The third kappa shape index (κ3) is 8.75. The molecule has 2 unspecified atom stereocenters. The molecule has 0 saturated carbocycles. The predicted molar refractivity (Wildman–Crippen MR) is 92.4 cm³/mol. The summed E-state index contributed by atoms with van der Waals surface area (Å²) in [6, 6.07) is 0.